The predicted octanol–water partition coefficient (Wildman–Crippen LogP) is 1.52. The van der Waals surface area contributed by atoms with Crippen molar-refractivity contribution in [3.63, 3.8) is 0 Å². The summed E-state index contributed by atoms with van der Waals surface area (Å²) >= 11 is 1.62. The highest BCUT2D eigenvalue weighted by atomic mass is 32.2. The van der Waals surface area contributed by atoms with Gasteiger partial charge in [-0.3, -0.25) is 9.79 Å². The first-order valence-corrected chi connectivity index (χ1v) is 8.96. The second kappa shape index (κ2) is 6.46. The second-order valence-electron chi connectivity index (χ2n) is 6.41. The van der Waals surface area contributed by atoms with Crippen LogP contribution in [0.1, 0.15) is 32.6 Å². The smallest absolute Gasteiger partial charge is 0.241 e. The van der Waals surface area contributed by atoms with Crippen LogP contribution in [0.25, 0.3) is 0 Å². The number of hydrogen-bond donors (Lipinski definition) is 3. The fourth-order valence-electron chi connectivity index (χ4n) is 3.31. The highest BCUT2D eigenvalue weighted by Gasteiger charge is 2.35. The molecule has 0 aromatic heterocycles. The van der Waals surface area contributed by atoms with E-state index >= 15 is 0 Å². The quantitative estimate of drug-likeness (QED) is 0.737. The van der Waals surface area contributed by atoms with E-state index in [1.807, 2.05) is 6.08 Å². The maximum absolute atomic E-state index is 12.2. The molecule has 1 amide bonds. The molecule has 0 aromatic rings. The third kappa shape index (κ3) is 3.38. The van der Waals surface area contributed by atoms with Gasteiger partial charge in [0.2, 0.25) is 5.91 Å². The van der Waals surface area contributed by atoms with E-state index in [1.54, 1.807) is 11.8 Å². The van der Waals surface area contributed by atoms with Gasteiger partial charge in [0.15, 0.2) is 5.17 Å². The van der Waals surface area contributed by atoms with Gasteiger partial charge in [0.1, 0.15) is 0 Å². The van der Waals surface area contributed by atoms with E-state index < -0.39 is 0 Å². The Balaban J connectivity index is 1.70. The molecule has 0 saturated carbocycles. The summed E-state index contributed by atoms with van der Waals surface area (Å²) in [7, 11) is 0. The molecule has 2 heterocycles. The normalized spacial score (nSPS) is 35.0. The van der Waals surface area contributed by atoms with Crippen LogP contribution in [0.5, 0.6) is 0 Å². The van der Waals surface area contributed by atoms with E-state index in [0.717, 1.165) is 43.7 Å². The number of amides is 1. The Labute approximate surface area is 135 Å². The standard InChI is InChI=1S/C16H24N4OS/c1-16(7-9-22-15(17)20-16)11-4-2-5-12(10-11)19-14(21)13-6-3-8-18-13/h2,5,10-11,13,18H,3-4,6-9H2,1H3,(H2,17,20)(H,19,21)/t11?,13-,16+/m1/s1. The van der Waals surface area contributed by atoms with Crippen molar-refractivity contribution in [2.24, 2.45) is 16.6 Å². The van der Waals surface area contributed by atoms with Crippen LogP contribution < -0.4 is 16.4 Å². The summed E-state index contributed by atoms with van der Waals surface area (Å²) < 4.78 is 0. The number of nitrogens with zero attached hydrogens (tertiary/aromatic N) is 1. The van der Waals surface area contributed by atoms with Crippen molar-refractivity contribution in [1.29, 1.82) is 0 Å². The third-order valence-electron chi connectivity index (χ3n) is 4.74. The van der Waals surface area contributed by atoms with Crippen LogP contribution in [-0.4, -0.2) is 35.0 Å². The molecule has 2 aliphatic heterocycles. The minimum Gasteiger partial charge on any atom is -0.379 e. The van der Waals surface area contributed by atoms with Gasteiger partial charge in [-0.15, -0.1) is 0 Å². The summed E-state index contributed by atoms with van der Waals surface area (Å²) in [5.41, 5.74) is 6.64. The van der Waals surface area contributed by atoms with Crippen molar-refractivity contribution in [1.82, 2.24) is 10.6 Å². The van der Waals surface area contributed by atoms with Crippen LogP contribution in [0.2, 0.25) is 0 Å². The number of amidine groups is 1. The number of carbonyl (C=O) groups is 1. The van der Waals surface area contributed by atoms with E-state index in [1.165, 1.54) is 0 Å². The van der Waals surface area contributed by atoms with E-state index in [2.05, 4.69) is 34.7 Å². The van der Waals surface area contributed by atoms with E-state index in [0.29, 0.717) is 5.17 Å². The molecule has 120 valence electrons. The molecule has 22 heavy (non-hydrogen) atoms. The molecule has 3 atom stereocenters. The highest BCUT2D eigenvalue weighted by Crippen LogP contribution is 2.37. The lowest BCUT2D eigenvalue weighted by Gasteiger charge is -2.36. The van der Waals surface area contributed by atoms with Gasteiger partial charge in [-0.2, -0.15) is 0 Å². The van der Waals surface area contributed by atoms with Crippen molar-refractivity contribution < 1.29 is 4.79 Å². The Hall–Kier alpha value is -1.27. The molecule has 4 N–H and O–H groups in total. The van der Waals surface area contributed by atoms with Crippen LogP contribution in [0.15, 0.2) is 28.9 Å². The molecule has 6 heteroatoms. The van der Waals surface area contributed by atoms with E-state index in [4.69, 9.17) is 5.73 Å². The Morgan fingerprint density at radius 3 is 3.18 bits per heavy atom. The maximum atomic E-state index is 12.2. The molecule has 3 aliphatic rings. The Morgan fingerprint density at radius 1 is 1.59 bits per heavy atom. The number of nitrogens with one attached hydrogen (secondary N) is 2. The molecule has 1 fully saturated rings. The molecule has 0 spiro atoms. The largest absolute Gasteiger partial charge is 0.379 e. The molecule has 0 bridgehead atoms. The molecule has 1 saturated heterocycles. The number of rotatable bonds is 3. The van der Waals surface area contributed by atoms with Crippen LogP contribution in [0.3, 0.4) is 0 Å². The SMILES string of the molecule is C[C@@]1(C2C=C(NC(=O)[C@H]3CCCN3)C=CC2)CCSC(N)=N1. The molecule has 3 rings (SSSR count). The number of nitrogens with two attached hydrogens (primary N) is 1. The fourth-order valence-corrected chi connectivity index (χ4v) is 4.30. The van der Waals surface area contributed by atoms with Crippen LogP contribution in [-0.2, 0) is 4.79 Å². The molecule has 0 radical (unpaired) electrons. The summed E-state index contributed by atoms with van der Waals surface area (Å²) in [4.78, 5) is 16.9. The minimum absolute atomic E-state index is 0.0509. The zero-order chi connectivity index (χ0) is 15.6. The summed E-state index contributed by atoms with van der Waals surface area (Å²) in [6.45, 7) is 3.09. The molecule has 1 aliphatic carbocycles. The van der Waals surface area contributed by atoms with Crippen molar-refractivity contribution in [3.05, 3.63) is 23.9 Å². The maximum Gasteiger partial charge on any atom is 0.241 e. The van der Waals surface area contributed by atoms with Gasteiger partial charge >= 0.3 is 0 Å². The lowest BCUT2D eigenvalue weighted by Crippen LogP contribution is -2.41. The zero-order valence-electron chi connectivity index (χ0n) is 13.0. The molecule has 5 nitrogen and oxygen atoms in total. The summed E-state index contributed by atoms with van der Waals surface area (Å²) in [6.07, 6.45) is 10.2. The van der Waals surface area contributed by atoms with Gasteiger partial charge in [0, 0.05) is 17.4 Å². The Kier molecular flexibility index (Phi) is 4.59. The van der Waals surface area contributed by atoms with E-state index in [9.17, 15) is 4.79 Å². The first-order valence-electron chi connectivity index (χ1n) is 7.97. The van der Waals surface area contributed by atoms with Crippen molar-refractivity contribution in [2.75, 3.05) is 12.3 Å². The second-order valence-corrected chi connectivity index (χ2v) is 7.53. The number of hydrogen-bond acceptors (Lipinski definition) is 5. The fraction of sp³-hybridized carbons (Fsp3) is 0.625. The monoisotopic (exact) mass is 320 g/mol. The van der Waals surface area contributed by atoms with Crippen molar-refractivity contribution in [2.45, 2.75) is 44.2 Å². The third-order valence-corrected chi connectivity index (χ3v) is 5.53. The first kappa shape index (κ1) is 15.6. The summed E-state index contributed by atoms with van der Waals surface area (Å²) in [5, 5.41) is 6.95. The minimum atomic E-state index is -0.165. The lowest BCUT2D eigenvalue weighted by molar-refractivity contribution is -0.122. The van der Waals surface area contributed by atoms with Gasteiger partial charge < -0.3 is 16.4 Å². The zero-order valence-corrected chi connectivity index (χ0v) is 13.8. The number of allylic oxidation sites excluding steroid dienone is 2. The van der Waals surface area contributed by atoms with Gasteiger partial charge in [-0.05, 0) is 45.2 Å². The van der Waals surface area contributed by atoms with Crippen LogP contribution in [0.4, 0.5) is 0 Å². The average molecular weight is 320 g/mol. The lowest BCUT2D eigenvalue weighted by atomic mass is 9.79. The van der Waals surface area contributed by atoms with Crippen molar-refractivity contribution in [3.8, 4) is 0 Å². The van der Waals surface area contributed by atoms with Gasteiger partial charge in [-0.25, -0.2) is 0 Å². The van der Waals surface area contributed by atoms with E-state index in [-0.39, 0.29) is 23.4 Å². The van der Waals surface area contributed by atoms with Crippen LogP contribution >= 0.6 is 11.8 Å². The van der Waals surface area contributed by atoms with Gasteiger partial charge in [0.05, 0.1) is 11.6 Å². The summed E-state index contributed by atoms with van der Waals surface area (Å²) in [5.74, 6) is 1.36. The Morgan fingerprint density at radius 2 is 2.45 bits per heavy atom. The average Bonchev–Trinajstić information content (AvgIpc) is 3.01. The predicted molar refractivity (Wildman–Crippen MR) is 91.6 cm³/mol. The molecule has 1 unspecified atom stereocenters. The van der Waals surface area contributed by atoms with Crippen molar-refractivity contribution >= 4 is 22.8 Å². The number of thioether (sulfide) groups is 1. The summed E-state index contributed by atoms with van der Waals surface area (Å²) in [6, 6.07) is -0.0509. The topological polar surface area (TPSA) is 79.5 Å². The van der Waals surface area contributed by atoms with Gasteiger partial charge in [-0.1, -0.05) is 23.9 Å². The van der Waals surface area contributed by atoms with Crippen LogP contribution in [0, 0.1) is 5.92 Å². The molecule has 0 aromatic carbocycles. The molecular formula is C16H24N4OS. The Bertz CT molecular complexity index is 536. The molecular weight excluding hydrogens is 296 g/mol. The highest BCUT2D eigenvalue weighted by molar-refractivity contribution is 8.13. The van der Waals surface area contributed by atoms with Gasteiger partial charge in [0.25, 0.3) is 0 Å². The first-order chi connectivity index (χ1) is 10.6. The number of aliphatic imine (C=N–C) groups is 1. The number of carbonyl (C=O) groups excluding carboxylic acids is 1.